The van der Waals surface area contributed by atoms with Crippen LogP contribution in [0.1, 0.15) is 65.3 Å². The summed E-state index contributed by atoms with van der Waals surface area (Å²) < 4.78 is 7.41. The maximum Gasteiger partial charge on any atom is 0.268 e. The van der Waals surface area contributed by atoms with E-state index in [2.05, 4.69) is 46.6 Å². The molecule has 2 heterocycles. The van der Waals surface area contributed by atoms with Crippen molar-refractivity contribution < 1.29 is 9.21 Å². The van der Waals surface area contributed by atoms with Crippen LogP contribution < -0.4 is 5.32 Å². The number of hydrogen-bond acceptors (Lipinski definition) is 5. The maximum atomic E-state index is 12.9. The lowest BCUT2D eigenvalue weighted by atomic mass is 10.1. The number of aryl methyl sites for hydroxylation is 2. The lowest BCUT2D eigenvalue weighted by molar-refractivity contribution is 0.0936. The van der Waals surface area contributed by atoms with Crippen molar-refractivity contribution in [2.45, 2.75) is 45.6 Å². The van der Waals surface area contributed by atoms with Crippen LogP contribution in [0.25, 0.3) is 17.3 Å². The van der Waals surface area contributed by atoms with Crippen LogP contribution >= 0.6 is 0 Å². The zero-order valence-corrected chi connectivity index (χ0v) is 18.4. The number of rotatable bonds is 5. The molecular weight excluding hydrogens is 402 g/mol. The summed E-state index contributed by atoms with van der Waals surface area (Å²) in [5.41, 5.74) is 5.70. The predicted octanol–water partition coefficient (Wildman–Crippen LogP) is 4.77. The van der Waals surface area contributed by atoms with E-state index in [1.165, 1.54) is 11.1 Å². The van der Waals surface area contributed by atoms with Crippen molar-refractivity contribution in [3.8, 4) is 17.3 Å². The third kappa shape index (κ3) is 3.70. The van der Waals surface area contributed by atoms with Crippen LogP contribution in [-0.4, -0.2) is 25.9 Å². The summed E-state index contributed by atoms with van der Waals surface area (Å²) in [6.07, 6.45) is 1.94. The lowest BCUT2D eigenvalue weighted by Gasteiger charge is -2.15. The summed E-state index contributed by atoms with van der Waals surface area (Å²) in [5.74, 6) is 1.08. The Hall–Kier alpha value is -3.74. The van der Waals surface area contributed by atoms with Crippen LogP contribution in [0, 0.1) is 6.92 Å². The van der Waals surface area contributed by atoms with Gasteiger partial charge >= 0.3 is 0 Å². The minimum Gasteiger partial charge on any atom is -0.420 e. The molecule has 0 saturated carbocycles. The van der Waals surface area contributed by atoms with E-state index in [4.69, 9.17) is 4.42 Å². The summed E-state index contributed by atoms with van der Waals surface area (Å²) in [6, 6.07) is 17.9. The average molecular weight is 428 g/mol. The van der Waals surface area contributed by atoms with Crippen LogP contribution in [0.15, 0.2) is 59.0 Å². The maximum absolute atomic E-state index is 12.9. The van der Waals surface area contributed by atoms with Gasteiger partial charge in [0.05, 0.1) is 11.7 Å². The SMILES string of the molecule is Cc1nnc(-c2cc(C(C)C)n(-c3ccc(C(=O)N[C@H]4CCc5ccccc54)cc3)n2)o1. The van der Waals surface area contributed by atoms with Crippen molar-refractivity contribution in [1.82, 2.24) is 25.3 Å². The van der Waals surface area contributed by atoms with Gasteiger partial charge in [-0.1, -0.05) is 38.1 Å². The van der Waals surface area contributed by atoms with Gasteiger partial charge in [-0.3, -0.25) is 4.79 Å². The average Bonchev–Trinajstić information content (AvgIpc) is 3.52. The first-order valence-corrected chi connectivity index (χ1v) is 10.9. The van der Waals surface area contributed by atoms with Gasteiger partial charge in [-0.2, -0.15) is 5.10 Å². The van der Waals surface area contributed by atoms with Gasteiger partial charge in [0, 0.05) is 18.2 Å². The molecule has 7 nitrogen and oxygen atoms in total. The number of amides is 1. The number of hydrogen-bond donors (Lipinski definition) is 1. The molecule has 7 heteroatoms. The van der Waals surface area contributed by atoms with Crippen molar-refractivity contribution >= 4 is 5.91 Å². The molecule has 32 heavy (non-hydrogen) atoms. The van der Waals surface area contributed by atoms with Gasteiger partial charge in [-0.15, -0.1) is 10.2 Å². The number of fused-ring (bicyclic) bond motifs is 1. The summed E-state index contributed by atoms with van der Waals surface area (Å²) >= 11 is 0. The molecule has 1 amide bonds. The summed E-state index contributed by atoms with van der Waals surface area (Å²) in [6.45, 7) is 5.97. The van der Waals surface area contributed by atoms with Gasteiger partial charge in [0.2, 0.25) is 5.89 Å². The second-order valence-electron chi connectivity index (χ2n) is 8.46. The van der Waals surface area contributed by atoms with Gasteiger partial charge in [0.15, 0.2) is 0 Å². The molecule has 4 aromatic rings. The summed E-state index contributed by atoms with van der Waals surface area (Å²) in [4.78, 5) is 12.9. The fraction of sp³-hybridized carbons (Fsp3) is 0.280. The normalized spacial score (nSPS) is 15.2. The van der Waals surface area contributed by atoms with E-state index in [9.17, 15) is 4.79 Å². The standard InChI is InChI=1S/C25H25N5O2/c1-15(2)23-14-22(25-28-27-16(3)32-25)29-30(23)19-11-8-18(9-12-19)24(31)26-21-13-10-17-6-4-5-7-20(17)21/h4-9,11-12,14-15,21H,10,13H2,1-3H3,(H,26,31)/t21-/m0/s1. The summed E-state index contributed by atoms with van der Waals surface area (Å²) in [5, 5.41) is 15.8. The largest absolute Gasteiger partial charge is 0.420 e. The molecule has 0 unspecified atom stereocenters. The number of aromatic nitrogens is 4. The van der Waals surface area contributed by atoms with E-state index in [0.29, 0.717) is 23.0 Å². The molecule has 0 radical (unpaired) electrons. The van der Waals surface area contributed by atoms with E-state index >= 15 is 0 Å². The smallest absolute Gasteiger partial charge is 0.268 e. The molecule has 1 atom stereocenters. The van der Waals surface area contributed by atoms with Crippen molar-refractivity contribution in [3.63, 3.8) is 0 Å². The third-order valence-corrected chi connectivity index (χ3v) is 5.89. The number of carbonyl (C=O) groups excluding carboxylic acids is 1. The molecule has 2 aromatic heterocycles. The highest BCUT2D eigenvalue weighted by molar-refractivity contribution is 5.94. The number of nitrogens with zero attached hydrogens (tertiary/aromatic N) is 4. The second-order valence-corrected chi connectivity index (χ2v) is 8.46. The zero-order valence-electron chi connectivity index (χ0n) is 18.4. The van der Waals surface area contributed by atoms with Crippen LogP contribution in [-0.2, 0) is 6.42 Å². The van der Waals surface area contributed by atoms with Crippen LogP contribution in [0.2, 0.25) is 0 Å². The molecule has 1 aliphatic rings. The van der Waals surface area contributed by atoms with Crippen molar-refractivity contribution in [1.29, 1.82) is 0 Å². The molecule has 5 rings (SSSR count). The molecular formula is C25H25N5O2. The van der Waals surface area contributed by atoms with Crippen LogP contribution in [0.5, 0.6) is 0 Å². The molecule has 0 fully saturated rings. The number of benzene rings is 2. The Bertz CT molecular complexity index is 1270. The van der Waals surface area contributed by atoms with Crippen molar-refractivity contribution in [2.75, 3.05) is 0 Å². The molecule has 0 bridgehead atoms. The monoisotopic (exact) mass is 427 g/mol. The quantitative estimate of drug-likeness (QED) is 0.496. The zero-order chi connectivity index (χ0) is 22.2. The Morgan fingerprint density at radius 1 is 1.12 bits per heavy atom. The molecule has 1 N–H and O–H groups in total. The molecule has 1 aliphatic carbocycles. The Labute approximate surface area is 186 Å². The highest BCUT2D eigenvalue weighted by Gasteiger charge is 2.24. The van der Waals surface area contributed by atoms with Gasteiger partial charge < -0.3 is 9.73 Å². The van der Waals surface area contributed by atoms with Crippen molar-refractivity contribution in [2.24, 2.45) is 0 Å². The third-order valence-electron chi connectivity index (χ3n) is 5.89. The van der Waals surface area contributed by atoms with Crippen molar-refractivity contribution in [3.05, 3.63) is 82.9 Å². The van der Waals surface area contributed by atoms with E-state index in [-0.39, 0.29) is 17.9 Å². The van der Waals surface area contributed by atoms with Gasteiger partial charge in [0.1, 0.15) is 5.69 Å². The van der Waals surface area contributed by atoms with E-state index in [0.717, 1.165) is 24.2 Å². The molecule has 0 aliphatic heterocycles. The highest BCUT2D eigenvalue weighted by Crippen LogP contribution is 2.31. The highest BCUT2D eigenvalue weighted by atomic mass is 16.4. The topological polar surface area (TPSA) is 85.8 Å². The molecule has 162 valence electrons. The Balaban J connectivity index is 1.38. The van der Waals surface area contributed by atoms with Gasteiger partial charge in [0.25, 0.3) is 11.8 Å². The molecule has 2 aromatic carbocycles. The Morgan fingerprint density at radius 2 is 1.91 bits per heavy atom. The van der Waals surface area contributed by atoms with Crippen LogP contribution in [0.4, 0.5) is 0 Å². The Morgan fingerprint density at radius 3 is 2.62 bits per heavy atom. The fourth-order valence-corrected chi connectivity index (χ4v) is 4.22. The van der Waals surface area contributed by atoms with Crippen LogP contribution in [0.3, 0.4) is 0 Å². The summed E-state index contributed by atoms with van der Waals surface area (Å²) in [7, 11) is 0. The van der Waals surface area contributed by atoms with E-state index < -0.39 is 0 Å². The van der Waals surface area contributed by atoms with Gasteiger partial charge in [-0.05, 0) is 60.2 Å². The minimum absolute atomic E-state index is 0.0650. The number of nitrogens with one attached hydrogen (secondary N) is 1. The first-order valence-electron chi connectivity index (χ1n) is 10.9. The number of carbonyl (C=O) groups is 1. The first kappa shape index (κ1) is 20.2. The second kappa shape index (κ2) is 8.07. The lowest BCUT2D eigenvalue weighted by Crippen LogP contribution is -2.27. The van der Waals surface area contributed by atoms with E-state index in [1.807, 2.05) is 47.1 Å². The minimum atomic E-state index is -0.0650. The molecule has 0 spiro atoms. The molecule has 0 saturated heterocycles. The Kier molecular flexibility index (Phi) is 5.09. The first-order chi connectivity index (χ1) is 15.5. The van der Waals surface area contributed by atoms with E-state index in [1.54, 1.807) is 6.92 Å². The predicted molar refractivity (Wildman–Crippen MR) is 121 cm³/mol. The fourth-order valence-electron chi connectivity index (χ4n) is 4.22. The van der Waals surface area contributed by atoms with Gasteiger partial charge in [-0.25, -0.2) is 4.68 Å².